The Bertz CT molecular complexity index is 1080. The Morgan fingerprint density at radius 1 is 0.406 bits per heavy atom. The summed E-state index contributed by atoms with van der Waals surface area (Å²) >= 11 is 0. The molecule has 0 spiro atoms. The molecule has 69 heavy (non-hydrogen) atoms. The van der Waals surface area contributed by atoms with E-state index in [0.717, 1.165) is 57.8 Å². The van der Waals surface area contributed by atoms with E-state index in [-0.39, 0.29) is 18.5 Å². The number of esters is 1. The summed E-state index contributed by atoms with van der Waals surface area (Å²) in [5.41, 5.74) is 0. The van der Waals surface area contributed by atoms with Crippen LogP contribution in [0, 0.1) is 0 Å². The van der Waals surface area contributed by atoms with Crippen molar-refractivity contribution in [3.63, 3.8) is 0 Å². The number of amides is 1. The SMILES string of the molecule is CCCCC/C=C\C/C=C\CCCCCCCCCC(=O)OCCCCCCCCCCCCCCCCC(=O)NC(CO)C(O)CCCCCCCCCCCCCCCCCCCCCCC. The van der Waals surface area contributed by atoms with Crippen molar-refractivity contribution in [2.75, 3.05) is 13.2 Å². The third-order valence-corrected chi connectivity index (χ3v) is 14.5. The van der Waals surface area contributed by atoms with E-state index in [0.29, 0.717) is 25.9 Å². The van der Waals surface area contributed by atoms with Crippen molar-refractivity contribution in [3.8, 4) is 0 Å². The fourth-order valence-electron chi connectivity index (χ4n) is 9.73. The van der Waals surface area contributed by atoms with Gasteiger partial charge in [0.05, 0.1) is 25.4 Å². The minimum Gasteiger partial charge on any atom is -0.466 e. The number of allylic oxidation sites excluding steroid dienone is 4. The third-order valence-electron chi connectivity index (χ3n) is 14.5. The monoisotopic (exact) mass is 972 g/mol. The number of carbonyl (C=O) groups excluding carboxylic acids is 2. The third kappa shape index (κ3) is 55.5. The number of unbranched alkanes of at least 4 members (excludes halogenated alkanes) is 43. The van der Waals surface area contributed by atoms with Gasteiger partial charge in [0, 0.05) is 12.8 Å². The molecule has 1 amide bonds. The Morgan fingerprint density at radius 2 is 0.725 bits per heavy atom. The summed E-state index contributed by atoms with van der Waals surface area (Å²) in [6.07, 6.45) is 71.7. The van der Waals surface area contributed by atoms with Gasteiger partial charge in [-0.25, -0.2) is 0 Å². The second kappa shape index (κ2) is 58.9. The molecule has 0 aliphatic rings. The van der Waals surface area contributed by atoms with Crippen LogP contribution < -0.4 is 5.32 Å². The van der Waals surface area contributed by atoms with Crippen molar-refractivity contribution >= 4 is 11.9 Å². The maximum Gasteiger partial charge on any atom is 0.305 e. The average molecular weight is 973 g/mol. The number of ether oxygens (including phenoxy) is 1. The van der Waals surface area contributed by atoms with Crippen LogP contribution in [0.25, 0.3) is 0 Å². The first kappa shape index (κ1) is 67.3. The predicted molar refractivity (Wildman–Crippen MR) is 301 cm³/mol. The summed E-state index contributed by atoms with van der Waals surface area (Å²) in [5.74, 6) is -0.0515. The number of aliphatic hydroxyl groups is 2. The summed E-state index contributed by atoms with van der Waals surface area (Å²) in [7, 11) is 0. The summed E-state index contributed by atoms with van der Waals surface area (Å²) in [6, 6.07) is -0.551. The number of hydrogen-bond donors (Lipinski definition) is 3. The van der Waals surface area contributed by atoms with Crippen LogP contribution in [-0.4, -0.2) is 47.4 Å². The van der Waals surface area contributed by atoms with E-state index in [4.69, 9.17) is 4.74 Å². The van der Waals surface area contributed by atoms with Gasteiger partial charge in [-0.3, -0.25) is 9.59 Å². The molecule has 0 radical (unpaired) electrons. The van der Waals surface area contributed by atoms with Gasteiger partial charge >= 0.3 is 5.97 Å². The molecular formula is C63H121NO5. The molecule has 0 aliphatic carbocycles. The quantitative estimate of drug-likeness (QED) is 0.0321. The van der Waals surface area contributed by atoms with Gasteiger partial charge < -0.3 is 20.3 Å². The highest BCUT2D eigenvalue weighted by Crippen LogP contribution is 2.18. The van der Waals surface area contributed by atoms with Crippen molar-refractivity contribution in [1.29, 1.82) is 0 Å². The molecule has 0 aromatic rings. The summed E-state index contributed by atoms with van der Waals surface area (Å²) in [5, 5.41) is 23.4. The highest BCUT2D eigenvalue weighted by molar-refractivity contribution is 5.76. The molecule has 6 nitrogen and oxygen atoms in total. The van der Waals surface area contributed by atoms with Crippen molar-refractivity contribution in [2.24, 2.45) is 0 Å². The van der Waals surface area contributed by atoms with Crippen molar-refractivity contribution in [2.45, 2.75) is 353 Å². The molecule has 0 aromatic carbocycles. The second-order valence-corrected chi connectivity index (χ2v) is 21.4. The van der Waals surface area contributed by atoms with E-state index in [1.54, 1.807) is 0 Å². The molecule has 0 aromatic heterocycles. The Labute approximate surface area is 431 Å². The topological polar surface area (TPSA) is 95.9 Å². The van der Waals surface area contributed by atoms with E-state index >= 15 is 0 Å². The molecule has 3 N–H and O–H groups in total. The standard InChI is InChI=1S/C63H121NO5/c1-3-5-7-9-11-13-15-17-19-21-22-23-24-26-27-31-35-39-43-47-51-55-61(66)60(59-65)64-62(67)56-52-48-44-40-36-32-29-30-34-38-42-46-50-54-58-69-63(68)57-53-49-45-41-37-33-28-25-20-18-16-14-12-10-8-6-4-2/h12,14,18,20,60-61,65-66H,3-11,13,15-17,19,21-59H2,1-2H3,(H,64,67)/b14-12-,20-18-. The highest BCUT2D eigenvalue weighted by atomic mass is 16.5. The Kier molecular flexibility index (Phi) is 57.5. The summed E-state index contributed by atoms with van der Waals surface area (Å²) < 4.78 is 5.48. The zero-order valence-electron chi connectivity index (χ0n) is 46.6. The predicted octanol–water partition coefficient (Wildman–Crippen LogP) is 19.4. The van der Waals surface area contributed by atoms with Crippen LogP contribution in [0.3, 0.4) is 0 Å². The molecular weight excluding hydrogens is 851 g/mol. The van der Waals surface area contributed by atoms with Gasteiger partial charge in [0.2, 0.25) is 5.91 Å². The van der Waals surface area contributed by atoms with E-state index in [1.807, 2.05) is 0 Å². The van der Waals surface area contributed by atoms with E-state index < -0.39 is 12.1 Å². The van der Waals surface area contributed by atoms with Crippen LogP contribution in [0.1, 0.15) is 341 Å². The Balaban J connectivity index is 3.43. The van der Waals surface area contributed by atoms with Gasteiger partial charge in [-0.1, -0.05) is 295 Å². The molecule has 6 heteroatoms. The first-order chi connectivity index (χ1) is 34.0. The first-order valence-electron chi connectivity index (χ1n) is 31.1. The van der Waals surface area contributed by atoms with Crippen LogP contribution in [0.2, 0.25) is 0 Å². The second-order valence-electron chi connectivity index (χ2n) is 21.4. The lowest BCUT2D eigenvalue weighted by atomic mass is 10.0. The number of hydrogen-bond acceptors (Lipinski definition) is 5. The number of nitrogens with one attached hydrogen (secondary N) is 1. The minimum absolute atomic E-state index is 0.00897. The van der Waals surface area contributed by atoms with Gasteiger partial charge in [0.1, 0.15) is 0 Å². The van der Waals surface area contributed by atoms with Crippen LogP contribution in [-0.2, 0) is 14.3 Å². The maximum atomic E-state index is 12.5. The fourth-order valence-corrected chi connectivity index (χ4v) is 9.73. The molecule has 0 heterocycles. The molecule has 2 unspecified atom stereocenters. The van der Waals surface area contributed by atoms with Crippen molar-refractivity contribution in [1.82, 2.24) is 5.32 Å². The van der Waals surface area contributed by atoms with Gasteiger partial charge in [-0.15, -0.1) is 0 Å². The van der Waals surface area contributed by atoms with Gasteiger partial charge in [0.25, 0.3) is 0 Å². The van der Waals surface area contributed by atoms with E-state index in [9.17, 15) is 19.8 Å². The summed E-state index contributed by atoms with van der Waals surface area (Å²) in [4.78, 5) is 24.6. The summed E-state index contributed by atoms with van der Waals surface area (Å²) in [6.45, 7) is 4.93. The molecule has 0 saturated heterocycles. The van der Waals surface area contributed by atoms with Gasteiger partial charge in [0.15, 0.2) is 0 Å². The van der Waals surface area contributed by atoms with Crippen molar-refractivity contribution < 1.29 is 24.5 Å². The average Bonchev–Trinajstić information content (AvgIpc) is 3.35. The van der Waals surface area contributed by atoms with Crippen LogP contribution in [0.15, 0.2) is 24.3 Å². The van der Waals surface area contributed by atoms with Crippen molar-refractivity contribution in [3.05, 3.63) is 24.3 Å². The Morgan fingerprint density at radius 3 is 1.13 bits per heavy atom. The molecule has 2 atom stereocenters. The van der Waals surface area contributed by atoms with Gasteiger partial charge in [-0.05, 0) is 57.8 Å². The number of rotatable bonds is 58. The zero-order valence-corrected chi connectivity index (χ0v) is 46.6. The largest absolute Gasteiger partial charge is 0.466 e. The lowest BCUT2D eigenvalue weighted by molar-refractivity contribution is -0.143. The highest BCUT2D eigenvalue weighted by Gasteiger charge is 2.20. The fraction of sp³-hybridized carbons (Fsp3) is 0.905. The molecule has 408 valence electrons. The molecule has 0 fully saturated rings. The Hall–Kier alpha value is -1.66. The lowest BCUT2D eigenvalue weighted by Gasteiger charge is -2.22. The van der Waals surface area contributed by atoms with Crippen LogP contribution >= 0.6 is 0 Å². The zero-order chi connectivity index (χ0) is 50.0. The van der Waals surface area contributed by atoms with E-state index in [1.165, 1.54) is 250 Å². The normalized spacial score (nSPS) is 12.7. The minimum atomic E-state index is -0.673. The van der Waals surface area contributed by atoms with Gasteiger partial charge in [-0.2, -0.15) is 0 Å². The molecule has 0 saturated carbocycles. The van der Waals surface area contributed by atoms with Crippen LogP contribution in [0.4, 0.5) is 0 Å². The molecule has 0 bridgehead atoms. The van der Waals surface area contributed by atoms with Crippen LogP contribution in [0.5, 0.6) is 0 Å². The maximum absolute atomic E-state index is 12.5. The molecule has 0 aliphatic heterocycles. The number of aliphatic hydroxyl groups excluding tert-OH is 2. The smallest absolute Gasteiger partial charge is 0.305 e. The lowest BCUT2D eigenvalue weighted by Crippen LogP contribution is -2.45. The number of carbonyl (C=O) groups is 2. The van der Waals surface area contributed by atoms with E-state index in [2.05, 4.69) is 43.5 Å². The first-order valence-corrected chi connectivity index (χ1v) is 31.1. The molecule has 0 rings (SSSR count).